The second-order valence-electron chi connectivity index (χ2n) is 5.35. The van der Waals surface area contributed by atoms with Gasteiger partial charge in [0.15, 0.2) is 5.11 Å². The molecule has 0 atom stereocenters. The van der Waals surface area contributed by atoms with Crippen LogP contribution in [0.15, 0.2) is 54.6 Å². The van der Waals surface area contributed by atoms with Crippen LogP contribution in [0, 0.1) is 0 Å². The Hall–Kier alpha value is -2.40. The number of ether oxygens (including phenoxy) is 1. The molecular formula is C19H22N2O2S. The van der Waals surface area contributed by atoms with E-state index in [0.29, 0.717) is 23.8 Å². The minimum absolute atomic E-state index is 0.235. The summed E-state index contributed by atoms with van der Waals surface area (Å²) in [5.74, 6) is 0.533. The summed E-state index contributed by atoms with van der Waals surface area (Å²) in [6, 6.07) is 16.9. The Morgan fingerprint density at radius 3 is 2.46 bits per heavy atom. The summed E-state index contributed by atoms with van der Waals surface area (Å²) in [6.07, 6.45) is 2.11. The Labute approximate surface area is 148 Å². The molecule has 0 aliphatic rings. The predicted molar refractivity (Wildman–Crippen MR) is 100 cm³/mol. The van der Waals surface area contributed by atoms with Crippen molar-refractivity contribution in [2.75, 3.05) is 6.61 Å². The van der Waals surface area contributed by atoms with Crippen LogP contribution in [0.2, 0.25) is 0 Å². The summed E-state index contributed by atoms with van der Waals surface area (Å²) in [4.78, 5) is 12.2. The fraction of sp³-hybridized carbons (Fsp3) is 0.263. The van der Waals surface area contributed by atoms with Gasteiger partial charge in [-0.3, -0.25) is 10.1 Å². The highest BCUT2D eigenvalue weighted by molar-refractivity contribution is 7.80. The van der Waals surface area contributed by atoms with Gasteiger partial charge in [-0.2, -0.15) is 0 Å². The zero-order valence-electron chi connectivity index (χ0n) is 13.7. The molecule has 0 aliphatic carbocycles. The van der Waals surface area contributed by atoms with Crippen molar-refractivity contribution >= 4 is 23.2 Å². The highest BCUT2D eigenvalue weighted by atomic mass is 32.1. The Kier molecular flexibility index (Phi) is 7.23. The van der Waals surface area contributed by atoms with E-state index in [0.717, 1.165) is 24.2 Å². The number of hydrogen-bond acceptors (Lipinski definition) is 3. The van der Waals surface area contributed by atoms with E-state index in [2.05, 4.69) is 17.6 Å². The van der Waals surface area contributed by atoms with Crippen molar-refractivity contribution in [1.82, 2.24) is 10.6 Å². The molecule has 0 heterocycles. The normalized spacial score (nSPS) is 10.0. The second kappa shape index (κ2) is 9.67. The molecule has 0 aliphatic heterocycles. The van der Waals surface area contributed by atoms with Crippen molar-refractivity contribution in [3.63, 3.8) is 0 Å². The number of thiocarbonyl (C=S) groups is 1. The third-order valence-electron chi connectivity index (χ3n) is 3.41. The third kappa shape index (κ3) is 6.01. The first kappa shape index (κ1) is 17.9. The fourth-order valence-corrected chi connectivity index (χ4v) is 2.20. The van der Waals surface area contributed by atoms with Gasteiger partial charge >= 0.3 is 0 Å². The number of benzene rings is 2. The van der Waals surface area contributed by atoms with Crippen LogP contribution in [0.4, 0.5) is 0 Å². The topological polar surface area (TPSA) is 50.4 Å². The van der Waals surface area contributed by atoms with Crippen LogP contribution < -0.4 is 15.4 Å². The van der Waals surface area contributed by atoms with E-state index in [1.807, 2.05) is 30.3 Å². The van der Waals surface area contributed by atoms with E-state index in [1.165, 1.54) is 0 Å². The summed E-state index contributed by atoms with van der Waals surface area (Å²) in [6.45, 7) is 3.38. The first-order valence-corrected chi connectivity index (χ1v) is 8.46. The predicted octanol–water partition coefficient (Wildman–Crippen LogP) is 3.67. The molecule has 0 saturated heterocycles. The van der Waals surface area contributed by atoms with E-state index in [4.69, 9.17) is 17.0 Å². The van der Waals surface area contributed by atoms with Gasteiger partial charge < -0.3 is 10.1 Å². The lowest BCUT2D eigenvalue weighted by Crippen LogP contribution is -2.38. The zero-order valence-corrected chi connectivity index (χ0v) is 14.6. The van der Waals surface area contributed by atoms with Crippen LogP contribution in [0.1, 0.15) is 35.7 Å². The number of carbonyl (C=O) groups is 1. The van der Waals surface area contributed by atoms with Gasteiger partial charge in [0.2, 0.25) is 0 Å². The van der Waals surface area contributed by atoms with Gasteiger partial charge in [0, 0.05) is 12.1 Å². The zero-order chi connectivity index (χ0) is 17.2. The van der Waals surface area contributed by atoms with E-state index in [-0.39, 0.29) is 5.91 Å². The molecule has 0 fully saturated rings. The third-order valence-corrected chi connectivity index (χ3v) is 3.65. The van der Waals surface area contributed by atoms with E-state index < -0.39 is 0 Å². The number of rotatable bonds is 7. The van der Waals surface area contributed by atoms with Gasteiger partial charge in [-0.25, -0.2) is 0 Å². The molecule has 0 unspecified atom stereocenters. The van der Waals surface area contributed by atoms with E-state index in [1.54, 1.807) is 24.3 Å². The molecule has 126 valence electrons. The van der Waals surface area contributed by atoms with Gasteiger partial charge in [-0.05, 0) is 48.5 Å². The van der Waals surface area contributed by atoms with Crippen LogP contribution in [0.5, 0.6) is 5.75 Å². The molecule has 4 nitrogen and oxygen atoms in total. The molecule has 1 amide bonds. The quantitative estimate of drug-likeness (QED) is 0.595. The van der Waals surface area contributed by atoms with Gasteiger partial charge in [0.1, 0.15) is 5.75 Å². The maximum absolute atomic E-state index is 12.2. The Bertz CT molecular complexity index is 657. The molecule has 5 heteroatoms. The first-order valence-electron chi connectivity index (χ1n) is 8.05. The van der Waals surface area contributed by atoms with Crippen LogP contribution in [-0.2, 0) is 6.54 Å². The summed E-state index contributed by atoms with van der Waals surface area (Å²) in [7, 11) is 0. The molecule has 2 rings (SSSR count). The minimum atomic E-state index is -0.235. The molecule has 0 radical (unpaired) electrons. The minimum Gasteiger partial charge on any atom is -0.494 e. The number of carbonyl (C=O) groups excluding carboxylic acids is 1. The average Bonchev–Trinajstić information content (AvgIpc) is 2.61. The largest absolute Gasteiger partial charge is 0.494 e. The van der Waals surface area contributed by atoms with Crippen LogP contribution >= 0.6 is 12.2 Å². The van der Waals surface area contributed by atoms with Gasteiger partial charge in [0.05, 0.1) is 6.61 Å². The maximum Gasteiger partial charge on any atom is 0.257 e. The highest BCUT2D eigenvalue weighted by Crippen LogP contribution is 2.12. The van der Waals surface area contributed by atoms with Crippen LogP contribution in [0.3, 0.4) is 0 Å². The Morgan fingerprint density at radius 1 is 1.08 bits per heavy atom. The van der Waals surface area contributed by atoms with Crippen LogP contribution in [0.25, 0.3) is 0 Å². The number of hydrogen-bond donors (Lipinski definition) is 2. The summed E-state index contributed by atoms with van der Waals surface area (Å²) < 4.78 is 5.58. The standard InChI is InChI=1S/C19H22N2O2S/c1-2-3-13-23-17-11-9-16(10-12-17)18(22)21-19(24)20-14-15-7-5-4-6-8-15/h4-12H,2-3,13-14H2,1H3,(H2,20,21,22,24). The van der Waals surface area contributed by atoms with E-state index >= 15 is 0 Å². The maximum atomic E-state index is 12.2. The average molecular weight is 342 g/mol. The molecule has 2 N–H and O–H groups in total. The number of nitrogens with one attached hydrogen (secondary N) is 2. The molecule has 0 aromatic heterocycles. The SMILES string of the molecule is CCCCOc1ccc(C(=O)NC(=S)NCc2ccccc2)cc1. The summed E-state index contributed by atoms with van der Waals surface area (Å²) in [5.41, 5.74) is 1.64. The monoisotopic (exact) mass is 342 g/mol. The van der Waals surface area contributed by atoms with Crippen molar-refractivity contribution < 1.29 is 9.53 Å². The van der Waals surface area contributed by atoms with Crippen LogP contribution in [-0.4, -0.2) is 17.6 Å². The molecule has 24 heavy (non-hydrogen) atoms. The summed E-state index contributed by atoms with van der Waals surface area (Å²) >= 11 is 5.16. The molecule has 0 saturated carbocycles. The van der Waals surface area contributed by atoms with Crippen molar-refractivity contribution in [1.29, 1.82) is 0 Å². The van der Waals surface area contributed by atoms with Crippen molar-refractivity contribution in [2.24, 2.45) is 0 Å². The smallest absolute Gasteiger partial charge is 0.257 e. The fourth-order valence-electron chi connectivity index (χ4n) is 2.03. The first-order chi connectivity index (χ1) is 11.7. The number of amides is 1. The lowest BCUT2D eigenvalue weighted by molar-refractivity contribution is 0.0976. The summed E-state index contributed by atoms with van der Waals surface area (Å²) in [5, 5.41) is 6.01. The second-order valence-corrected chi connectivity index (χ2v) is 5.76. The number of unbranched alkanes of at least 4 members (excludes halogenated alkanes) is 1. The van der Waals surface area contributed by atoms with Gasteiger partial charge in [-0.15, -0.1) is 0 Å². The van der Waals surface area contributed by atoms with Crippen molar-refractivity contribution in [3.05, 3.63) is 65.7 Å². The molecule has 0 spiro atoms. The van der Waals surface area contributed by atoms with Crippen molar-refractivity contribution in [3.8, 4) is 5.75 Å². The molecule has 2 aromatic rings. The van der Waals surface area contributed by atoms with Crippen molar-refractivity contribution in [2.45, 2.75) is 26.3 Å². The Morgan fingerprint density at radius 2 is 1.79 bits per heavy atom. The van der Waals surface area contributed by atoms with Gasteiger partial charge in [-0.1, -0.05) is 43.7 Å². The van der Waals surface area contributed by atoms with Gasteiger partial charge in [0.25, 0.3) is 5.91 Å². The van der Waals surface area contributed by atoms with E-state index in [9.17, 15) is 4.79 Å². The highest BCUT2D eigenvalue weighted by Gasteiger charge is 2.08. The lowest BCUT2D eigenvalue weighted by atomic mass is 10.2. The molecule has 2 aromatic carbocycles. The lowest BCUT2D eigenvalue weighted by Gasteiger charge is -2.10. The molecule has 0 bridgehead atoms. The Balaban J connectivity index is 1.79. The molecular weight excluding hydrogens is 320 g/mol.